The number of imidazole rings is 1. The number of benzene rings is 4. The van der Waals surface area contributed by atoms with Gasteiger partial charge in [0.15, 0.2) is 6.09 Å². The maximum absolute atomic E-state index is 13.3. The van der Waals surface area contributed by atoms with Gasteiger partial charge in [-0.2, -0.15) is 13.2 Å². The number of carbonyl (C=O) groups is 1. The molecule has 0 unspecified atom stereocenters. The molecular weight excluding hydrogens is 695 g/mol. The molecule has 0 fully saturated rings. The molecule has 254 valence electrons. The lowest BCUT2D eigenvalue weighted by atomic mass is 10.1. The normalized spacial score (nSPS) is 12.0. The summed E-state index contributed by atoms with van der Waals surface area (Å²) in [5.74, 6) is 0.524. The summed E-state index contributed by atoms with van der Waals surface area (Å²) in [5, 5.41) is 11.2. The Kier molecular flexibility index (Phi) is 10.9. The summed E-state index contributed by atoms with van der Waals surface area (Å²) in [4.78, 5) is 15.7. The van der Waals surface area contributed by atoms with Crippen LogP contribution >= 0.6 is 11.6 Å². The van der Waals surface area contributed by atoms with Crippen LogP contribution in [0.25, 0.3) is 16.7 Å². The summed E-state index contributed by atoms with van der Waals surface area (Å²) in [6.45, 7) is 3.24. The quantitative estimate of drug-likeness (QED) is 0.184. The maximum Gasteiger partial charge on any atom is 0.417 e. The standard InChI is InChI=1S/C26H23ClF3N3O4S.C6H6O3S/c1-3-24-31-22-14-20(26(28,29)30)21(27)15-23(22)33(24)18-8-6-17(7-9-18)12-13-32(25(34)35)38(36,37)19-10-4-16(2)5-11-19;7-10(8,9)6-4-2-1-3-5-6/h4-11,14-15H,3,12-13H2,1-2H3,(H,34,35);1-5H,(H,7,8,9)/p-2. The number of aromatic nitrogens is 2. The molecule has 0 spiro atoms. The van der Waals surface area contributed by atoms with Crippen molar-refractivity contribution >= 4 is 48.9 Å². The number of nitrogens with zero attached hydrogens (tertiary/aromatic N) is 3. The van der Waals surface area contributed by atoms with Gasteiger partial charge in [-0.25, -0.2) is 21.8 Å². The van der Waals surface area contributed by atoms with Crippen LogP contribution < -0.4 is 5.11 Å². The Balaban J connectivity index is 0.000000445. The maximum atomic E-state index is 13.3. The highest BCUT2D eigenvalue weighted by Gasteiger charge is 2.34. The van der Waals surface area contributed by atoms with Gasteiger partial charge in [0.1, 0.15) is 15.9 Å². The van der Waals surface area contributed by atoms with Crippen LogP contribution in [0.2, 0.25) is 5.02 Å². The zero-order valence-corrected chi connectivity index (χ0v) is 27.7. The van der Waals surface area contributed by atoms with Crippen LogP contribution in [0.3, 0.4) is 0 Å². The molecule has 0 aliphatic rings. The average molecular weight is 722 g/mol. The number of halogens is 4. The van der Waals surface area contributed by atoms with Crippen molar-refractivity contribution in [2.75, 3.05) is 6.54 Å². The minimum atomic E-state index is -4.62. The summed E-state index contributed by atoms with van der Waals surface area (Å²) >= 11 is 5.94. The Morgan fingerprint density at radius 2 is 1.52 bits per heavy atom. The van der Waals surface area contributed by atoms with Gasteiger partial charge in [0, 0.05) is 18.7 Å². The highest BCUT2D eigenvalue weighted by molar-refractivity contribution is 7.89. The predicted molar refractivity (Wildman–Crippen MR) is 169 cm³/mol. The molecular formula is C32H27ClF3N3O7S2-2. The number of aryl methyl sites for hydroxylation is 2. The highest BCUT2D eigenvalue weighted by atomic mass is 35.5. The number of fused-ring (bicyclic) bond motifs is 1. The van der Waals surface area contributed by atoms with Crippen molar-refractivity contribution in [1.29, 1.82) is 0 Å². The van der Waals surface area contributed by atoms with E-state index >= 15 is 0 Å². The van der Waals surface area contributed by atoms with E-state index in [1.54, 1.807) is 54.0 Å². The number of carbonyl (C=O) groups excluding carboxylic acids is 1. The lowest BCUT2D eigenvalue weighted by Gasteiger charge is -2.24. The number of sulfonamides is 1. The van der Waals surface area contributed by atoms with Crippen LogP contribution in [0.5, 0.6) is 0 Å². The van der Waals surface area contributed by atoms with Gasteiger partial charge in [-0.3, -0.25) is 8.87 Å². The summed E-state index contributed by atoms with van der Waals surface area (Å²) in [5.41, 5.74) is 1.65. The summed E-state index contributed by atoms with van der Waals surface area (Å²) in [6, 6.07) is 21.9. The van der Waals surface area contributed by atoms with Crippen molar-refractivity contribution in [3.05, 3.63) is 119 Å². The lowest BCUT2D eigenvalue weighted by molar-refractivity contribution is -0.259. The number of rotatable bonds is 8. The van der Waals surface area contributed by atoms with E-state index in [0.29, 0.717) is 33.3 Å². The van der Waals surface area contributed by atoms with Crippen LogP contribution in [0, 0.1) is 6.92 Å². The number of hydrogen-bond donors (Lipinski definition) is 0. The number of carboxylic acid groups (broad SMARTS) is 1. The second-order valence-corrected chi connectivity index (χ2v) is 14.0. The summed E-state index contributed by atoms with van der Waals surface area (Å²) in [6.07, 6.45) is -5.94. The van der Waals surface area contributed by atoms with Crippen molar-refractivity contribution < 1.29 is 44.5 Å². The zero-order chi connectivity index (χ0) is 35.4. The molecule has 5 aromatic rings. The van der Waals surface area contributed by atoms with Gasteiger partial charge in [-0.1, -0.05) is 66.6 Å². The van der Waals surface area contributed by atoms with Crippen molar-refractivity contribution in [1.82, 2.24) is 13.9 Å². The van der Waals surface area contributed by atoms with Gasteiger partial charge < -0.3 is 14.5 Å². The van der Waals surface area contributed by atoms with E-state index in [1.807, 2.05) is 6.92 Å². The second kappa shape index (κ2) is 14.4. The molecule has 1 amide bonds. The topological polar surface area (TPSA) is 153 Å². The van der Waals surface area contributed by atoms with Crippen LogP contribution in [0.4, 0.5) is 18.0 Å². The molecule has 16 heteroatoms. The van der Waals surface area contributed by atoms with E-state index in [1.165, 1.54) is 42.5 Å². The number of hydrogen-bond acceptors (Lipinski definition) is 8. The van der Waals surface area contributed by atoms with E-state index in [0.717, 1.165) is 11.6 Å². The van der Waals surface area contributed by atoms with Crippen molar-refractivity contribution in [3.63, 3.8) is 0 Å². The van der Waals surface area contributed by atoms with E-state index in [-0.39, 0.29) is 28.3 Å². The molecule has 0 atom stereocenters. The van der Waals surface area contributed by atoms with Gasteiger partial charge in [0.2, 0.25) is 0 Å². The Hall–Kier alpha value is -4.44. The minimum Gasteiger partial charge on any atom is -0.744 e. The molecule has 48 heavy (non-hydrogen) atoms. The van der Waals surface area contributed by atoms with Crippen LogP contribution in [0.15, 0.2) is 101 Å². The average Bonchev–Trinajstić information content (AvgIpc) is 3.38. The molecule has 0 saturated carbocycles. The third kappa shape index (κ3) is 8.34. The van der Waals surface area contributed by atoms with Gasteiger partial charge in [-0.05, 0) is 67.4 Å². The van der Waals surface area contributed by atoms with Crippen LogP contribution in [-0.4, -0.2) is 47.9 Å². The Morgan fingerprint density at radius 3 is 2.02 bits per heavy atom. The lowest BCUT2D eigenvalue weighted by Crippen LogP contribution is -2.45. The first-order valence-corrected chi connectivity index (χ1v) is 17.3. The summed E-state index contributed by atoms with van der Waals surface area (Å²) < 4.78 is 98.4. The fourth-order valence-corrected chi connectivity index (χ4v) is 6.69. The molecule has 4 aromatic carbocycles. The third-order valence-electron chi connectivity index (χ3n) is 7.08. The van der Waals surface area contributed by atoms with Gasteiger partial charge in [-0.15, -0.1) is 0 Å². The predicted octanol–water partition coefficient (Wildman–Crippen LogP) is 5.74. The molecule has 1 aromatic heterocycles. The molecule has 0 N–H and O–H groups in total. The third-order valence-corrected chi connectivity index (χ3v) is 10.0. The smallest absolute Gasteiger partial charge is 0.417 e. The Bertz CT molecular complexity index is 2140. The first kappa shape index (κ1) is 36.4. The van der Waals surface area contributed by atoms with Crippen LogP contribution in [0.1, 0.15) is 29.4 Å². The molecule has 10 nitrogen and oxygen atoms in total. The Morgan fingerprint density at radius 1 is 0.917 bits per heavy atom. The van der Waals surface area contributed by atoms with Gasteiger partial charge in [0.05, 0.1) is 31.4 Å². The molecule has 0 saturated heterocycles. The van der Waals surface area contributed by atoms with Gasteiger partial charge >= 0.3 is 6.18 Å². The number of alkyl halides is 3. The van der Waals surface area contributed by atoms with Gasteiger partial charge in [0.25, 0.3) is 10.0 Å². The minimum absolute atomic E-state index is 0.0748. The number of amides is 1. The fraction of sp³-hybridized carbons (Fsp3) is 0.188. The van der Waals surface area contributed by atoms with E-state index in [2.05, 4.69) is 4.98 Å². The first-order valence-electron chi connectivity index (χ1n) is 14.1. The van der Waals surface area contributed by atoms with Crippen LogP contribution in [-0.2, 0) is 39.2 Å². The van der Waals surface area contributed by atoms with Crippen molar-refractivity contribution in [2.45, 2.75) is 42.7 Å². The fourth-order valence-electron chi connectivity index (χ4n) is 4.67. The molecule has 0 radical (unpaired) electrons. The second-order valence-electron chi connectivity index (χ2n) is 10.4. The molecule has 0 aliphatic heterocycles. The molecule has 5 rings (SSSR count). The molecule has 0 bridgehead atoms. The zero-order valence-electron chi connectivity index (χ0n) is 25.3. The highest BCUT2D eigenvalue weighted by Crippen LogP contribution is 2.38. The SMILES string of the molecule is CCc1nc2cc(C(F)(F)F)c(Cl)cc2n1-c1ccc(CCN(C(=O)[O-])S(=O)(=O)c2ccc(C)cc2)cc1.O=S(=O)([O-])c1ccccc1. The van der Waals surface area contributed by atoms with Crippen molar-refractivity contribution in [3.8, 4) is 5.69 Å². The molecule has 1 heterocycles. The van der Waals surface area contributed by atoms with Crippen molar-refractivity contribution in [2.24, 2.45) is 0 Å². The largest absolute Gasteiger partial charge is 0.744 e. The first-order chi connectivity index (χ1) is 22.4. The van der Waals surface area contributed by atoms with E-state index < -0.39 is 43.0 Å². The monoisotopic (exact) mass is 721 g/mol. The Labute approximate surface area is 279 Å². The van der Waals surface area contributed by atoms with E-state index in [9.17, 15) is 44.5 Å². The summed E-state index contributed by atoms with van der Waals surface area (Å²) in [7, 11) is -8.57. The molecule has 0 aliphatic carbocycles. The van der Waals surface area contributed by atoms with E-state index in [4.69, 9.17) is 11.6 Å².